The second kappa shape index (κ2) is 6.79. The Bertz CT molecular complexity index is 928. The van der Waals surface area contributed by atoms with Crippen LogP contribution in [0.15, 0.2) is 30.7 Å². The minimum absolute atomic E-state index is 0.0000754. The van der Waals surface area contributed by atoms with Gasteiger partial charge in [0.25, 0.3) is 0 Å². The highest BCUT2D eigenvalue weighted by Gasteiger charge is 2.25. The van der Waals surface area contributed by atoms with E-state index in [1.54, 1.807) is 4.52 Å². The molecule has 0 saturated carbocycles. The van der Waals surface area contributed by atoms with E-state index < -0.39 is 0 Å². The van der Waals surface area contributed by atoms with Crippen LogP contribution >= 0.6 is 0 Å². The minimum atomic E-state index is 0.0000754. The highest BCUT2D eigenvalue weighted by atomic mass is 16.5. The molecular weight excluding hydrogens is 340 g/mol. The van der Waals surface area contributed by atoms with E-state index in [0.29, 0.717) is 18.4 Å². The molecule has 0 N–H and O–H groups in total. The lowest BCUT2D eigenvalue weighted by Crippen LogP contribution is -2.23. The maximum absolute atomic E-state index is 5.97. The molecule has 1 unspecified atom stereocenters. The van der Waals surface area contributed by atoms with Crippen LogP contribution in [0.5, 0.6) is 5.88 Å². The molecule has 3 aromatic rings. The van der Waals surface area contributed by atoms with E-state index in [1.807, 2.05) is 37.6 Å². The summed E-state index contributed by atoms with van der Waals surface area (Å²) < 4.78 is 7.77. The first-order chi connectivity index (χ1) is 12.9. The lowest BCUT2D eigenvalue weighted by atomic mass is 9.93. The lowest BCUT2D eigenvalue weighted by molar-refractivity contribution is 0.248. The fourth-order valence-electron chi connectivity index (χ4n) is 3.21. The normalized spacial score (nSPS) is 17.6. The molecule has 142 valence electrons. The highest BCUT2D eigenvalue weighted by Crippen LogP contribution is 2.23. The van der Waals surface area contributed by atoms with Gasteiger partial charge < -0.3 is 9.64 Å². The van der Waals surface area contributed by atoms with Gasteiger partial charge in [-0.3, -0.25) is 0 Å². The van der Waals surface area contributed by atoms with Gasteiger partial charge >= 0.3 is 0 Å². The van der Waals surface area contributed by atoms with Crippen LogP contribution in [-0.4, -0.2) is 44.3 Å². The summed E-state index contributed by atoms with van der Waals surface area (Å²) in [5, 5.41) is 4.55. The third-order valence-electron chi connectivity index (χ3n) is 4.87. The number of hydrogen-bond acceptors (Lipinski definition) is 6. The van der Waals surface area contributed by atoms with Crippen LogP contribution in [0.3, 0.4) is 0 Å². The molecule has 0 aliphatic carbocycles. The molecule has 0 bridgehead atoms. The van der Waals surface area contributed by atoms with E-state index in [9.17, 15) is 0 Å². The van der Waals surface area contributed by atoms with Crippen LogP contribution in [0.1, 0.15) is 38.4 Å². The van der Waals surface area contributed by atoms with Crippen molar-refractivity contribution in [2.45, 2.75) is 39.5 Å². The highest BCUT2D eigenvalue weighted by molar-refractivity contribution is 5.41. The number of fused-ring (bicyclic) bond motifs is 1. The lowest BCUT2D eigenvalue weighted by Gasteiger charge is -2.16. The number of hydrogen-bond donors (Lipinski definition) is 0. The number of aromatic nitrogens is 5. The average molecular weight is 366 g/mol. The molecule has 4 heterocycles. The molecule has 3 aromatic heterocycles. The molecule has 0 spiro atoms. The van der Waals surface area contributed by atoms with E-state index in [2.05, 4.69) is 45.7 Å². The summed E-state index contributed by atoms with van der Waals surface area (Å²) in [5.74, 6) is 1.88. The third kappa shape index (κ3) is 3.86. The number of aryl methyl sites for hydroxylation is 1. The zero-order valence-corrected chi connectivity index (χ0v) is 16.4. The number of ether oxygens (including phenoxy) is 1. The van der Waals surface area contributed by atoms with E-state index in [4.69, 9.17) is 4.74 Å². The fourth-order valence-corrected chi connectivity index (χ4v) is 3.21. The smallest absolute Gasteiger partial charge is 0.231 e. The van der Waals surface area contributed by atoms with Crippen molar-refractivity contribution in [3.63, 3.8) is 0 Å². The molecule has 1 saturated heterocycles. The Morgan fingerprint density at radius 3 is 2.70 bits per heavy atom. The molecule has 0 amide bonds. The molecule has 7 nitrogen and oxygen atoms in total. The van der Waals surface area contributed by atoms with Crippen molar-refractivity contribution in [3.8, 4) is 5.88 Å². The van der Waals surface area contributed by atoms with Gasteiger partial charge in [-0.15, -0.1) is 5.10 Å². The first kappa shape index (κ1) is 17.7. The molecule has 0 radical (unpaired) electrons. The van der Waals surface area contributed by atoms with Gasteiger partial charge in [0.1, 0.15) is 0 Å². The van der Waals surface area contributed by atoms with Gasteiger partial charge in [-0.2, -0.15) is 0 Å². The van der Waals surface area contributed by atoms with Gasteiger partial charge in [0.15, 0.2) is 5.65 Å². The molecular formula is C20H26N6O. The zero-order chi connectivity index (χ0) is 19.0. The molecule has 1 aliphatic rings. The van der Waals surface area contributed by atoms with Gasteiger partial charge in [0, 0.05) is 42.9 Å². The average Bonchev–Trinajstić information content (AvgIpc) is 3.27. The Morgan fingerprint density at radius 1 is 1.19 bits per heavy atom. The number of rotatable bonds is 4. The largest absolute Gasteiger partial charge is 0.476 e. The second-order valence-corrected chi connectivity index (χ2v) is 8.32. The minimum Gasteiger partial charge on any atom is -0.476 e. The third-order valence-corrected chi connectivity index (χ3v) is 4.87. The zero-order valence-electron chi connectivity index (χ0n) is 16.4. The predicted octanol–water partition coefficient (Wildman–Crippen LogP) is 3.03. The molecule has 1 atom stereocenters. The van der Waals surface area contributed by atoms with Crippen LogP contribution in [0.2, 0.25) is 0 Å². The van der Waals surface area contributed by atoms with Gasteiger partial charge in [-0.05, 0) is 25.0 Å². The van der Waals surface area contributed by atoms with Crippen molar-refractivity contribution in [3.05, 3.63) is 42.0 Å². The van der Waals surface area contributed by atoms with Crippen molar-refractivity contribution in [2.24, 2.45) is 5.92 Å². The van der Waals surface area contributed by atoms with E-state index >= 15 is 0 Å². The van der Waals surface area contributed by atoms with Crippen LogP contribution < -0.4 is 9.64 Å². The Kier molecular flexibility index (Phi) is 4.45. The first-order valence-corrected chi connectivity index (χ1v) is 9.42. The quantitative estimate of drug-likeness (QED) is 0.707. The number of imidazole rings is 1. The topological polar surface area (TPSA) is 68.4 Å². The molecule has 7 heteroatoms. The Labute approximate surface area is 159 Å². The summed E-state index contributed by atoms with van der Waals surface area (Å²) in [6.45, 7) is 11.0. The predicted molar refractivity (Wildman–Crippen MR) is 104 cm³/mol. The first-order valence-electron chi connectivity index (χ1n) is 9.42. The fraction of sp³-hybridized carbons (Fsp3) is 0.500. The van der Waals surface area contributed by atoms with Crippen LogP contribution in [-0.2, 0) is 5.41 Å². The number of nitrogens with zero attached hydrogens (tertiary/aromatic N) is 6. The Hall–Kier alpha value is -2.70. The van der Waals surface area contributed by atoms with Gasteiger partial charge in [0.05, 0.1) is 18.5 Å². The monoisotopic (exact) mass is 366 g/mol. The summed E-state index contributed by atoms with van der Waals surface area (Å²) in [6.07, 6.45) is 6.78. The Morgan fingerprint density at radius 2 is 1.96 bits per heavy atom. The van der Waals surface area contributed by atoms with Crippen molar-refractivity contribution < 1.29 is 4.74 Å². The standard InChI is InChI=1S/C20H26N6O/c1-14-9-21-19(22-10-14)25-8-7-15(11-25)13-27-18-6-5-17-23-16(20(2,3)4)12-26(17)24-18/h5-6,9-10,12,15H,7-8,11,13H2,1-4H3. The van der Waals surface area contributed by atoms with Crippen LogP contribution in [0, 0.1) is 12.8 Å². The molecule has 4 rings (SSSR count). The van der Waals surface area contributed by atoms with E-state index in [-0.39, 0.29) is 5.41 Å². The molecule has 1 aliphatic heterocycles. The van der Waals surface area contributed by atoms with Crippen molar-refractivity contribution >= 4 is 11.6 Å². The van der Waals surface area contributed by atoms with Crippen molar-refractivity contribution in [1.82, 2.24) is 24.6 Å². The van der Waals surface area contributed by atoms with Crippen LogP contribution in [0.4, 0.5) is 5.95 Å². The van der Waals surface area contributed by atoms with Gasteiger partial charge in [-0.25, -0.2) is 19.5 Å². The van der Waals surface area contributed by atoms with Crippen LogP contribution in [0.25, 0.3) is 5.65 Å². The van der Waals surface area contributed by atoms with Gasteiger partial charge in [0.2, 0.25) is 11.8 Å². The SMILES string of the molecule is Cc1cnc(N2CCC(COc3ccc4nc(C(C)(C)C)cn4n3)C2)nc1. The van der Waals surface area contributed by atoms with Crippen molar-refractivity contribution in [2.75, 3.05) is 24.6 Å². The summed E-state index contributed by atoms with van der Waals surface area (Å²) in [5.41, 5.74) is 2.95. The van der Waals surface area contributed by atoms with Crippen molar-refractivity contribution in [1.29, 1.82) is 0 Å². The van der Waals surface area contributed by atoms with E-state index in [0.717, 1.165) is 42.4 Å². The molecule has 1 fully saturated rings. The second-order valence-electron chi connectivity index (χ2n) is 8.32. The molecule has 0 aromatic carbocycles. The van der Waals surface area contributed by atoms with E-state index in [1.165, 1.54) is 0 Å². The maximum atomic E-state index is 5.97. The summed E-state index contributed by atoms with van der Waals surface area (Å²) >= 11 is 0. The summed E-state index contributed by atoms with van der Waals surface area (Å²) in [4.78, 5) is 15.7. The van der Waals surface area contributed by atoms with Gasteiger partial charge in [-0.1, -0.05) is 20.8 Å². The maximum Gasteiger partial charge on any atom is 0.231 e. The summed E-state index contributed by atoms with van der Waals surface area (Å²) in [6, 6.07) is 3.85. The Balaban J connectivity index is 1.38. The number of anilines is 1. The summed E-state index contributed by atoms with van der Waals surface area (Å²) in [7, 11) is 0. The molecule has 27 heavy (non-hydrogen) atoms.